The molecule has 0 saturated carbocycles. The number of aliphatic imine (C=N–C) groups is 1. The minimum absolute atomic E-state index is 0. The lowest BCUT2D eigenvalue weighted by molar-refractivity contribution is 0.410. The van der Waals surface area contributed by atoms with Crippen LogP contribution in [0.2, 0.25) is 0 Å². The zero-order valence-electron chi connectivity index (χ0n) is 16.8. The van der Waals surface area contributed by atoms with Gasteiger partial charge in [0.15, 0.2) is 5.96 Å². The summed E-state index contributed by atoms with van der Waals surface area (Å²) in [6.07, 6.45) is 7.12. The Bertz CT molecular complexity index is 739. The van der Waals surface area contributed by atoms with Crippen LogP contribution in [-0.4, -0.2) is 31.1 Å². The quantitative estimate of drug-likeness (QED) is 0.238. The Morgan fingerprint density at radius 3 is 2.82 bits per heavy atom. The van der Waals surface area contributed by atoms with E-state index >= 15 is 0 Å². The molecule has 1 aromatic heterocycles. The van der Waals surface area contributed by atoms with Gasteiger partial charge in [-0.3, -0.25) is 0 Å². The lowest BCUT2D eigenvalue weighted by Gasteiger charge is -2.12. The minimum atomic E-state index is 0. The molecule has 0 fully saturated rings. The minimum Gasteiger partial charge on any atom is -0.496 e. The molecule has 0 saturated heterocycles. The van der Waals surface area contributed by atoms with Crippen LogP contribution in [0.5, 0.6) is 5.75 Å². The van der Waals surface area contributed by atoms with Crippen molar-refractivity contribution < 1.29 is 4.74 Å². The van der Waals surface area contributed by atoms with Gasteiger partial charge in [-0.15, -0.1) is 35.3 Å². The number of nitrogens with one attached hydrogen (secondary N) is 2. The van der Waals surface area contributed by atoms with E-state index in [9.17, 15) is 0 Å². The van der Waals surface area contributed by atoms with Crippen LogP contribution < -0.4 is 15.4 Å². The molecule has 0 atom stereocenters. The number of ether oxygens (including phenoxy) is 1. The van der Waals surface area contributed by atoms with Crippen molar-refractivity contribution in [3.8, 4) is 5.75 Å². The molecule has 2 aromatic rings. The summed E-state index contributed by atoms with van der Waals surface area (Å²) in [5.41, 5.74) is 2.45. The van der Waals surface area contributed by atoms with Gasteiger partial charge in [0.05, 0.1) is 24.4 Å². The van der Waals surface area contributed by atoms with E-state index in [1.807, 2.05) is 29.5 Å². The van der Waals surface area contributed by atoms with Crippen molar-refractivity contribution >= 4 is 41.3 Å². The molecule has 0 amide bonds. The Morgan fingerprint density at radius 2 is 2.04 bits per heavy atom. The van der Waals surface area contributed by atoms with Crippen LogP contribution in [-0.2, 0) is 25.8 Å². The molecule has 0 radical (unpaired) electrons. The van der Waals surface area contributed by atoms with E-state index in [4.69, 9.17) is 14.7 Å². The topological polar surface area (TPSA) is 58.5 Å². The molecule has 3 rings (SSSR count). The fourth-order valence-electron chi connectivity index (χ4n) is 3.30. The Morgan fingerprint density at radius 1 is 1.21 bits per heavy atom. The van der Waals surface area contributed by atoms with Gasteiger partial charge >= 0.3 is 0 Å². The molecule has 7 heteroatoms. The molecule has 0 aliphatic heterocycles. The second kappa shape index (κ2) is 12.3. The number of fused-ring (bicyclic) bond motifs is 1. The maximum absolute atomic E-state index is 5.40. The van der Waals surface area contributed by atoms with Gasteiger partial charge in [0.1, 0.15) is 5.75 Å². The van der Waals surface area contributed by atoms with Crippen LogP contribution in [0, 0.1) is 0 Å². The molecule has 1 heterocycles. The number of halogens is 1. The number of hydrogen-bond donors (Lipinski definition) is 2. The predicted octanol–water partition coefficient (Wildman–Crippen LogP) is 4.34. The third kappa shape index (κ3) is 6.62. The predicted molar refractivity (Wildman–Crippen MR) is 128 cm³/mol. The standard InChI is InChI=1S/C21H30N4OS.HI/c1-3-22-21(24-15-16-9-4-6-11-18(16)26-2)23-14-8-13-20-25-17-10-5-7-12-19(17)27-20;/h4,6,9,11H,3,5,7-8,10,12-15H2,1-2H3,(H2,22,23,24);1H. The summed E-state index contributed by atoms with van der Waals surface area (Å²) in [4.78, 5) is 11.0. The van der Waals surface area contributed by atoms with Crippen LogP contribution in [0.15, 0.2) is 29.3 Å². The molecule has 0 spiro atoms. The maximum Gasteiger partial charge on any atom is 0.191 e. The van der Waals surface area contributed by atoms with Gasteiger partial charge in [-0.05, 0) is 45.1 Å². The second-order valence-electron chi connectivity index (χ2n) is 6.72. The Labute approximate surface area is 189 Å². The lowest BCUT2D eigenvalue weighted by Crippen LogP contribution is -2.37. The maximum atomic E-state index is 5.40. The number of hydrogen-bond acceptors (Lipinski definition) is 4. The van der Waals surface area contributed by atoms with Gasteiger partial charge in [-0.1, -0.05) is 18.2 Å². The van der Waals surface area contributed by atoms with Crippen LogP contribution in [0.4, 0.5) is 0 Å². The zero-order chi connectivity index (χ0) is 18.9. The molecule has 1 aromatic carbocycles. The summed E-state index contributed by atoms with van der Waals surface area (Å²) in [6.45, 7) is 4.41. The first-order valence-corrected chi connectivity index (χ1v) is 10.7. The molecule has 154 valence electrons. The molecule has 1 aliphatic carbocycles. The summed E-state index contributed by atoms with van der Waals surface area (Å²) in [7, 11) is 1.70. The van der Waals surface area contributed by atoms with E-state index in [1.165, 1.54) is 41.3 Å². The average molecular weight is 514 g/mol. The fraction of sp³-hybridized carbons (Fsp3) is 0.524. The highest BCUT2D eigenvalue weighted by Gasteiger charge is 2.14. The SMILES string of the molecule is CCNC(=NCc1ccccc1OC)NCCCc1nc2c(s1)CCCC2.I. The average Bonchev–Trinajstić information content (AvgIpc) is 3.12. The first kappa shape index (κ1) is 22.9. The molecule has 5 nitrogen and oxygen atoms in total. The van der Waals surface area contributed by atoms with Crippen molar-refractivity contribution in [3.05, 3.63) is 45.4 Å². The van der Waals surface area contributed by atoms with Gasteiger partial charge in [-0.2, -0.15) is 0 Å². The number of methoxy groups -OCH3 is 1. The molecule has 0 unspecified atom stereocenters. The van der Waals surface area contributed by atoms with Crippen molar-refractivity contribution in [2.45, 2.75) is 52.0 Å². The number of aromatic nitrogens is 1. The van der Waals surface area contributed by atoms with E-state index in [2.05, 4.69) is 23.6 Å². The smallest absolute Gasteiger partial charge is 0.191 e. The van der Waals surface area contributed by atoms with Gasteiger partial charge in [0.2, 0.25) is 0 Å². The van der Waals surface area contributed by atoms with Gasteiger partial charge in [0.25, 0.3) is 0 Å². The molecule has 2 N–H and O–H groups in total. The molecule has 1 aliphatic rings. The van der Waals surface area contributed by atoms with Gasteiger partial charge in [-0.25, -0.2) is 9.98 Å². The van der Waals surface area contributed by atoms with Crippen LogP contribution >= 0.6 is 35.3 Å². The molecular weight excluding hydrogens is 483 g/mol. The molecular formula is C21H31IN4OS. The number of thiazole rings is 1. The summed E-state index contributed by atoms with van der Waals surface area (Å²) in [5, 5.41) is 8.04. The van der Waals surface area contributed by atoms with Crippen molar-refractivity contribution in [2.75, 3.05) is 20.2 Å². The Hall–Kier alpha value is -1.35. The largest absolute Gasteiger partial charge is 0.496 e. The number of aryl methyl sites for hydroxylation is 3. The van der Waals surface area contributed by atoms with Crippen LogP contribution in [0.3, 0.4) is 0 Å². The first-order chi connectivity index (χ1) is 13.3. The van der Waals surface area contributed by atoms with Crippen LogP contribution in [0.1, 0.15) is 47.3 Å². The highest BCUT2D eigenvalue weighted by Crippen LogP contribution is 2.27. The summed E-state index contributed by atoms with van der Waals surface area (Å²) in [6, 6.07) is 8.02. The fourth-order valence-corrected chi connectivity index (χ4v) is 4.50. The summed E-state index contributed by atoms with van der Waals surface area (Å²) >= 11 is 1.92. The third-order valence-electron chi connectivity index (χ3n) is 4.69. The van der Waals surface area contributed by atoms with Gasteiger partial charge < -0.3 is 15.4 Å². The summed E-state index contributed by atoms with van der Waals surface area (Å²) < 4.78 is 5.40. The van der Waals surface area contributed by atoms with E-state index in [0.29, 0.717) is 6.54 Å². The first-order valence-electron chi connectivity index (χ1n) is 9.91. The Balaban J connectivity index is 0.00000280. The zero-order valence-corrected chi connectivity index (χ0v) is 19.9. The van der Waals surface area contributed by atoms with E-state index in [0.717, 1.165) is 43.2 Å². The van der Waals surface area contributed by atoms with E-state index < -0.39 is 0 Å². The third-order valence-corrected chi connectivity index (χ3v) is 5.91. The normalized spacial score (nSPS) is 13.4. The number of benzene rings is 1. The highest BCUT2D eigenvalue weighted by atomic mass is 127. The van der Waals surface area contributed by atoms with E-state index in [1.54, 1.807) is 7.11 Å². The lowest BCUT2D eigenvalue weighted by atomic mass is 10.0. The monoisotopic (exact) mass is 514 g/mol. The van der Waals surface area contributed by atoms with Crippen molar-refractivity contribution in [1.29, 1.82) is 0 Å². The van der Waals surface area contributed by atoms with Gasteiger partial charge in [0, 0.05) is 30.0 Å². The number of guanidine groups is 1. The second-order valence-corrected chi connectivity index (χ2v) is 7.89. The molecule has 28 heavy (non-hydrogen) atoms. The van der Waals surface area contributed by atoms with E-state index in [-0.39, 0.29) is 24.0 Å². The van der Waals surface area contributed by atoms with Crippen molar-refractivity contribution in [2.24, 2.45) is 4.99 Å². The van der Waals surface area contributed by atoms with Crippen molar-refractivity contribution in [1.82, 2.24) is 15.6 Å². The molecule has 0 bridgehead atoms. The van der Waals surface area contributed by atoms with Crippen LogP contribution in [0.25, 0.3) is 0 Å². The summed E-state index contributed by atoms with van der Waals surface area (Å²) in [5.74, 6) is 1.73. The van der Waals surface area contributed by atoms with Crippen molar-refractivity contribution in [3.63, 3.8) is 0 Å². The Kier molecular flexibility index (Phi) is 10.0. The number of nitrogens with zero attached hydrogens (tertiary/aromatic N) is 2. The number of para-hydroxylation sites is 1. The highest BCUT2D eigenvalue weighted by molar-refractivity contribution is 14.0. The number of rotatable bonds is 8.